The van der Waals surface area contributed by atoms with Crippen LogP contribution in [-0.4, -0.2) is 33.1 Å². The molecule has 2 aliphatic carbocycles. The summed E-state index contributed by atoms with van der Waals surface area (Å²) in [5.74, 6) is 2.97. The second-order valence-electron chi connectivity index (χ2n) is 15.2. The highest BCUT2D eigenvalue weighted by Gasteiger charge is 2.30. The first-order chi connectivity index (χ1) is 29.6. The third-order valence-electron chi connectivity index (χ3n) is 11.5. The molecule has 4 heterocycles. The molecule has 2 aliphatic heterocycles. The number of fused-ring (bicyclic) bond motifs is 12. The molecule has 0 spiro atoms. The molecule has 2 N–H and O–H groups in total. The van der Waals surface area contributed by atoms with Gasteiger partial charge in [-0.15, -0.1) is 0 Å². The molecule has 0 saturated heterocycles. The summed E-state index contributed by atoms with van der Waals surface area (Å²) < 4.78 is 11.6. The Morgan fingerprint density at radius 2 is 0.967 bits per heavy atom. The predicted molar refractivity (Wildman–Crippen MR) is 235 cm³/mol. The summed E-state index contributed by atoms with van der Waals surface area (Å²) in [5.41, 5.74) is 12.4. The number of ether oxygens (including phenoxy) is 2. The Kier molecular flexibility index (Phi) is 11.3. The average molecular weight is 789 g/mol. The number of rotatable bonds is 2. The van der Waals surface area contributed by atoms with Crippen LogP contribution in [0.2, 0.25) is 0 Å². The van der Waals surface area contributed by atoms with Crippen molar-refractivity contribution in [2.45, 2.75) is 63.2 Å². The summed E-state index contributed by atoms with van der Waals surface area (Å²) >= 11 is 0. The molecule has 4 aromatic carbocycles. The van der Waals surface area contributed by atoms with Crippen LogP contribution in [0.1, 0.15) is 82.5 Å². The molecule has 2 unspecified atom stereocenters. The van der Waals surface area contributed by atoms with Crippen molar-refractivity contribution >= 4 is 34.6 Å². The van der Waals surface area contributed by atoms with Crippen LogP contribution in [0.4, 0.5) is 34.6 Å². The second-order valence-corrected chi connectivity index (χ2v) is 15.2. The van der Waals surface area contributed by atoms with Crippen molar-refractivity contribution in [1.29, 1.82) is 0 Å². The van der Waals surface area contributed by atoms with Gasteiger partial charge in [0.15, 0.2) is 0 Å². The molecular formula is C50H44N8O2. The normalized spacial score (nSPS) is 18.4. The van der Waals surface area contributed by atoms with Gasteiger partial charge in [-0.25, -0.2) is 29.6 Å². The lowest BCUT2D eigenvalue weighted by Gasteiger charge is -2.15. The summed E-state index contributed by atoms with van der Waals surface area (Å²) in [6.45, 7) is 15.6. The molecule has 4 aliphatic rings. The molecule has 10 nitrogen and oxygen atoms in total. The molecule has 0 radical (unpaired) electrons. The van der Waals surface area contributed by atoms with E-state index in [2.05, 4.69) is 93.1 Å². The van der Waals surface area contributed by atoms with Gasteiger partial charge in [-0.2, -0.15) is 0 Å². The highest BCUT2D eigenvalue weighted by Crippen LogP contribution is 2.41. The summed E-state index contributed by atoms with van der Waals surface area (Å²) in [6, 6.07) is 32.2. The Labute approximate surface area is 350 Å². The molecular weight excluding hydrogens is 745 g/mol. The molecule has 296 valence electrons. The van der Waals surface area contributed by atoms with Crippen molar-refractivity contribution in [3.05, 3.63) is 189 Å². The molecule has 0 fully saturated rings. The van der Waals surface area contributed by atoms with E-state index in [4.69, 9.17) is 42.6 Å². The van der Waals surface area contributed by atoms with Gasteiger partial charge in [0.05, 0.1) is 24.5 Å². The molecule has 60 heavy (non-hydrogen) atoms. The smallest absolute Gasteiger partial charge is 0.228 e. The van der Waals surface area contributed by atoms with E-state index >= 15 is 0 Å². The lowest BCUT2D eigenvalue weighted by Crippen LogP contribution is -2.08. The summed E-state index contributed by atoms with van der Waals surface area (Å²) in [6.07, 6.45) is 16.0. The third-order valence-corrected chi connectivity index (χ3v) is 11.5. The van der Waals surface area contributed by atoms with Crippen LogP contribution in [0.25, 0.3) is 9.69 Å². The molecule has 10 heteroatoms. The van der Waals surface area contributed by atoms with Crippen molar-refractivity contribution in [3.8, 4) is 11.5 Å². The lowest BCUT2D eigenvalue weighted by molar-refractivity contribution is 0.365. The largest absolute Gasteiger partial charge is 0.500 e. The first kappa shape index (κ1) is 38.2. The van der Waals surface area contributed by atoms with Crippen molar-refractivity contribution in [3.63, 3.8) is 0 Å². The van der Waals surface area contributed by atoms with Crippen LogP contribution >= 0.6 is 0 Å². The third kappa shape index (κ3) is 8.32. The number of hydrogen-bond acceptors (Lipinski definition) is 8. The standard InChI is InChI=1S/2C25H22N4O/c2*1-26-22-14-11-18-16-23(22)30-15-7-3-6-10-21-20-13-12-19(17-8-4-2-5-9-17)24(20)29-25(27-18)28-21/h2*2-5,7-9,11,14,16,19H,6,10,12-13,15H2,(H,27,28,29)/b7-3+;7-3-. The summed E-state index contributed by atoms with van der Waals surface area (Å²) in [7, 11) is 0. The molecule has 0 saturated carbocycles. The van der Waals surface area contributed by atoms with Gasteiger partial charge in [-0.1, -0.05) is 97.1 Å². The first-order valence-electron chi connectivity index (χ1n) is 20.7. The van der Waals surface area contributed by atoms with Gasteiger partial charge in [-0.3, -0.25) is 0 Å². The van der Waals surface area contributed by atoms with E-state index in [-0.39, 0.29) is 0 Å². The minimum Gasteiger partial charge on any atom is -0.500 e. The number of aryl methyl sites for hydroxylation is 2. The van der Waals surface area contributed by atoms with Crippen LogP contribution in [0.5, 0.6) is 11.5 Å². The number of nitrogens with one attached hydrogen (secondary N) is 2. The average Bonchev–Trinajstić information content (AvgIpc) is 3.92. The number of anilines is 4. The fourth-order valence-electron chi connectivity index (χ4n) is 8.56. The maximum atomic E-state index is 7.37. The zero-order valence-corrected chi connectivity index (χ0v) is 33.3. The van der Waals surface area contributed by atoms with E-state index in [0.29, 0.717) is 59.8 Å². The second kappa shape index (κ2) is 17.7. The molecule has 8 bridgehead atoms. The quantitative estimate of drug-likeness (QED) is 0.132. The first-order valence-corrected chi connectivity index (χ1v) is 20.7. The maximum Gasteiger partial charge on any atom is 0.228 e. The van der Waals surface area contributed by atoms with E-state index in [0.717, 1.165) is 85.5 Å². The van der Waals surface area contributed by atoms with Crippen LogP contribution in [0.3, 0.4) is 0 Å². The van der Waals surface area contributed by atoms with E-state index in [1.807, 2.05) is 36.4 Å². The zero-order chi connectivity index (χ0) is 40.7. The Bertz CT molecular complexity index is 2480. The summed E-state index contributed by atoms with van der Waals surface area (Å²) in [5, 5.41) is 6.70. The van der Waals surface area contributed by atoms with Crippen LogP contribution in [-0.2, 0) is 25.7 Å². The van der Waals surface area contributed by atoms with Gasteiger partial charge >= 0.3 is 0 Å². The van der Waals surface area contributed by atoms with Gasteiger partial charge in [0, 0.05) is 34.6 Å². The molecule has 6 aromatic rings. The highest BCUT2D eigenvalue weighted by atomic mass is 16.5. The Balaban J connectivity index is 0.000000154. The minimum atomic E-state index is 0.304. The fraction of sp³-hybridized carbons (Fsp3) is 0.240. The fourth-order valence-corrected chi connectivity index (χ4v) is 8.56. The van der Waals surface area contributed by atoms with E-state index in [1.54, 1.807) is 12.1 Å². The Hall–Kier alpha value is -7.30. The van der Waals surface area contributed by atoms with Crippen LogP contribution in [0.15, 0.2) is 121 Å². The minimum absolute atomic E-state index is 0.304. The number of nitrogens with zero attached hydrogens (tertiary/aromatic N) is 6. The maximum absolute atomic E-state index is 7.37. The number of allylic oxidation sites excluding steroid dienone is 2. The number of benzene rings is 4. The van der Waals surface area contributed by atoms with Gasteiger partial charge in [0.2, 0.25) is 23.3 Å². The summed E-state index contributed by atoms with van der Waals surface area (Å²) in [4.78, 5) is 26.8. The Morgan fingerprint density at radius 3 is 1.40 bits per heavy atom. The Morgan fingerprint density at radius 1 is 0.517 bits per heavy atom. The zero-order valence-electron chi connectivity index (χ0n) is 33.3. The highest BCUT2D eigenvalue weighted by molar-refractivity contribution is 5.68. The molecule has 10 rings (SSSR count). The van der Waals surface area contributed by atoms with E-state index in [9.17, 15) is 0 Å². The van der Waals surface area contributed by atoms with Crippen molar-refractivity contribution in [2.24, 2.45) is 0 Å². The van der Waals surface area contributed by atoms with Gasteiger partial charge in [0.25, 0.3) is 0 Å². The molecule has 0 amide bonds. The predicted octanol–water partition coefficient (Wildman–Crippen LogP) is 11.5. The molecule has 2 aromatic heterocycles. The molecule has 2 atom stereocenters. The van der Waals surface area contributed by atoms with Crippen molar-refractivity contribution < 1.29 is 9.47 Å². The number of hydrogen-bond donors (Lipinski definition) is 2. The van der Waals surface area contributed by atoms with Crippen molar-refractivity contribution in [1.82, 2.24) is 19.9 Å². The van der Waals surface area contributed by atoms with E-state index in [1.165, 1.54) is 22.3 Å². The van der Waals surface area contributed by atoms with E-state index < -0.39 is 0 Å². The van der Waals surface area contributed by atoms with Gasteiger partial charge in [0.1, 0.15) is 24.7 Å². The monoisotopic (exact) mass is 788 g/mol. The van der Waals surface area contributed by atoms with Gasteiger partial charge < -0.3 is 20.1 Å². The van der Waals surface area contributed by atoms with Crippen LogP contribution in [0, 0.1) is 13.1 Å². The number of aromatic nitrogens is 4. The van der Waals surface area contributed by atoms with Crippen LogP contribution < -0.4 is 20.1 Å². The van der Waals surface area contributed by atoms with Gasteiger partial charge in [-0.05, 0) is 97.9 Å². The SMILES string of the molecule is [C-]#[N+]c1ccc2cc1OC/C=C/CCc1nc(nc3c1CCC3c1ccccc1)N2.[C-]#[N+]c1ccc2cc1OC/C=C\CCc1nc(nc3c1CCC3c1ccccc1)N2. The topological polar surface area (TPSA) is 103 Å². The van der Waals surface area contributed by atoms with Crippen molar-refractivity contribution in [2.75, 3.05) is 23.8 Å². The lowest BCUT2D eigenvalue weighted by atomic mass is 9.96.